The molecular weight excluding hydrogens is 950 g/mol. The van der Waals surface area contributed by atoms with Crippen molar-refractivity contribution in [3.05, 3.63) is 140 Å². The fourth-order valence-electron chi connectivity index (χ4n) is 9.20. The van der Waals surface area contributed by atoms with E-state index in [1.54, 1.807) is 48.0 Å². The summed E-state index contributed by atoms with van der Waals surface area (Å²) in [7, 11) is 6.36. The molecule has 9 aromatic rings. The number of nitrogens with zero attached hydrogens (tertiary/aromatic N) is 8. The van der Waals surface area contributed by atoms with Crippen molar-refractivity contribution in [3.8, 4) is 23.0 Å². The quantitative estimate of drug-likeness (QED) is 0.0661. The fraction of sp³-hybridized carbons (Fsp3) is 0.160. The van der Waals surface area contributed by atoms with Gasteiger partial charge in [-0.25, -0.2) is 29.5 Å². The van der Waals surface area contributed by atoms with E-state index in [1.165, 1.54) is 0 Å². The maximum atomic E-state index is 15.0. The highest BCUT2D eigenvalue weighted by Crippen LogP contribution is 2.56. The molecule has 2 aliphatic heterocycles. The number of pyridine rings is 4. The molecule has 14 nitrogen and oxygen atoms in total. The maximum absolute atomic E-state index is 15.0. The van der Waals surface area contributed by atoms with Gasteiger partial charge in [-0.3, -0.25) is 19.6 Å². The molecule has 0 spiro atoms. The van der Waals surface area contributed by atoms with E-state index < -0.39 is 12.1 Å². The Hall–Kier alpha value is -7.10. The largest absolute Gasteiger partial charge is 0.497 e. The summed E-state index contributed by atoms with van der Waals surface area (Å²) in [6, 6.07) is 28.8. The Bertz CT molecular complexity index is 3060. The van der Waals surface area contributed by atoms with E-state index in [9.17, 15) is 9.59 Å². The molecule has 18 heteroatoms. The molecule has 2 aliphatic rings. The molecule has 11 rings (SSSR count). The lowest BCUT2D eigenvalue weighted by Gasteiger charge is -2.38. The number of fused-ring (bicyclic) bond motifs is 2. The highest BCUT2D eigenvalue weighted by atomic mass is 35.5. The first-order chi connectivity index (χ1) is 33.0. The number of ether oxygens (including phenoxy) is 4. The number of halogens is 4. The van der Waals surface area contributed by atoms with Crippen LogP contribution in [0, 0.1) is 0 Å². The Morgan fingerprint density at radius 1 is 0.338 bits per heavy atom. The van der Waals surface area contributed by atoms with E-state index in [4.69, 9.17) is 85.3 Å². The van der Waals surface area contributed by atoms with Crippen LogP contribution in [0.15, 0.2) is 97.1 Å². The number of aromatic nitrogens is 4. The van der Waals surface area contributed by atoms with Gasteiger partial charge in [0.25, 0.3) is 0 Å². The second kappa shape index (κ2) is 16.9. The zero-order valence-electron chi connectivity index (χ0n) is 36.6. The van der Waals surface area contributed by atoms with Crippen LogP contribution < -0.4 is 38.5 Å². The summed E-state index contributed by atoms with van der Waals surface area (Å²) in [5, 5.41) is 3.66. The van der Waals surface area contributed by atoms with Crippen LogP contribution in [-0.4, -0.2) is 60.4 Å². The van der Waals surface area contributed by atoms with Crippen LogP contribution in [0.4, 0.5) is 32.9 Å². The molecule has 0 N–H and O–H groups in total. The summed E-state index contributed by atoms with van der Waals surface area (Å²) in [6.45, 7) is 0.455. The van der Waals surface area contributed by atoms with Crippen LogP contribution in [-0.2, 0) is 26.2 Å². The highest BCUT2D eigenvalue weighted by Gasteiger charge is 2.42. The van der Waals surface area contributed by atoms with E-state index in [0.29, 0.717) is 66.1 Å². The van der Waals surface area contributed by atoms with Crippen molar-refractivity contribution < 1.29 is 28.5 Å². The molecule has 0 fully saturated rings. The first-order valence-corrected chi connectivity index (χ1v) is 22.7. The average molecular weight is 987 g/mol. The average Bonchev–Trinajstić information content (AvgIpc) is 3.35. The molecule has 68 heavy (non-hydrogen) atoms. The highest BCUT2D eigenvalue weighted by molar-refractivity contribution is 6.54. The number of anilines is 4. The lowest BCUT2D eigenvalue weighted by atomic mass is 9.92. The number of urea groups is 2. The summed E-state index contributed by atoms with van der Waals surface area (Å²) >= 11 is 29.7. The lowest BCUT2D eigenvalue weighted by molar-refractivity contribution is 0.249. The normalized spacial score (nSPS) is 13.5. The lowest BCUT2D eigenvalue weighted by Crippen LogP contribution is -2.46. The molecule has 4 amide bonds. The predicted molar refractivity (Wildman–Crippen MR) is 266 cm³/mol. The van der Waals surface area contributed by atoms with Crippen molar-refractivity contribution in [2.24, 2.45) is 0 Å². The van der Waals surface area contributed by atoms with Crippen LogP contribution in [0.25, 0.3) is 43.1 Å². The van der Waals surface area contributed by atoms with Gasteiger partial charge in [-0.1, -0.05) is 94.9 Å². The first-order valence-electron chi connectivity index (χ1n) is 21.2. The van der Waals surface area contributed by atoms with Crippen LogP contribution in [0.1, 0.15) is 22.3 Å². The maximum Gasteiger partial charge on any atom is 0.331 e. The summed E-state index contributed by atoms with van der Waals surface area (Å²) < 4.78 is 21.7. The van der Waals surface area contributed by atoms with E-state index in [-0.39, 0.29) is 70.1 Å². The molecule has 340 valence electrons. The van der Waals surface area contributed by atoms with Gasteiger partial charge in [0.1, 0.15) is 66.9 Å². The van der Waals surface area contributed by atoms with E-state index in [1.807, 2.05) is 97.1 Å². The van der Waals surface area contributed by atoms with Crippen molar-refractivity contribution in [1.29, 1.82) is 0 Å². The third-order valence-corrected chi connectivity index (χ3v) is 13.6. The van der Waals surface area contributed by atoms with E-state index in [2.05, 4.69) is 0 Å². The third kappa shape index (κ3) is 6.92. The van der Waals surface area contributed by atoms with Gasteiger partial charge >= 0.3 is 12.1 Å². The van der Waals surface area contributed by atoms with Gasteiger partial charge in [0.05, 0.1) is 65.4 Å². The van der Waals surface area contributed by atoms with Crippen LogP contribution in [0.3, 0.4) is 0 Å². The zero-order valence-corrected chi connectivity index (χ0v) is 39.6. The Balaban J connectivity index is 1.19. The molecule has 0 atom stereocenters. The number of carbonyl (C=O) groups is 2. The first kappa shape index (κ1) is 43.5. The molecule has 0 bridgehead atoms. The van der Waals surface area contributed by atoms with E-state index in [0.717, 1.165) is 22.3 Å². The summed E-state index contributed by atoms with van der Waals surface area (Å²) in [5.41, 5.74) is 3.20. The van der Waals surface area contributed by atoms with Crippen molar-refractivity contribution >= 4 is 125 Å². The number of methoxy groups -OCH3 is 4. The fourth-order valence-corrected chi connectivity index (χ4v) is 10.3. The molecule has 0 unspecified atom stereocenters. The van der Waals surface area contributed by atoms with Gasteiger partial charge in [-0.15, -0.1) is 0 Å². The minimum absolute atomic E-state index is 0.0225. The Morgan fingerprint density at radius 2 is 0.544 bits per heavy atom. The molecular formula is C50H36Cl4N8O6. The van der Waals surface area contributed by atoms with Gasteiger partial charge in [-0.2, -0.15) is 0 Å². The molecule has 4 aromatic heterocycles. The molecule has 5 aromatic carbocycles. The van der Waals surface area contributed by atoms with Crippen LogP contribution in [0.5, 0.6) is 23.0 Å². The summed E-state index contributed by atoms with van der Waals surface area (Å²) in [6.07, 6.45) is 0. The summed E-state index contributed by atoms with van der Waals surface area (Å²) in [4.78, 5) is 56.2. The number of carbonyl (C=O) groups excluding carboxylic acids is 2. The van der Waals surface area contributed by atoms with Gasteiger partial charge in [0.15, 0.2) is 0 Å². The molecule has 0 aliphatic carbocycles. The second-order valence-corrected chi connectivity index (χ2v) is 17.6. The van der Waals surface area contributed by atoms with Crippen molar-refractivity contribution in [2.75, 3.05) is 48.0 Å². The van der Waals surface area contributed by atoms with Crippen molar-refractivity contribution in [1.82, 2.24) is 19.9 Å². The molecule has 0 saturated heterocycles. The van der Waals surface area contributed by atoms with Gasteiger partial charge in [0, 0.05) is 32.3 Å². The number of hydrogen-bond donors (Lipinski definition) is 0. The number of rotatable bonds is 12. The Morgan fingerprint density at radius 3 is 0.735 bits per heavy atom. The smallest absolute Gasteiger partial charge is 0.331 e. The third-order valence-electron chi connectivity index (χ3n) is 12.5. The molecule has 6 heterocycles. The van der Waals surface area contributed by atoms with Crippen molar-refractivity contribution in [3.63, 3.8) is 0 Å². The minimum atomic E-state index is -0.410. The number of benzene rings is 5. The van der Waals surface area contributed by atoms with Gasteiger partial charge in [-0.05, 0) is 70.8 Å². The minimum Gasteiger partial charge on any atom is -0.497 e. The topological polar surface area (TPSA) is 136 Å². The molecule has 0 saturated carbocycles. The SMILES string of the molecule is COc1ccc(CN2C(=O)N(Cc3ccc(OC)cc3)c3nc(Cl)c4c5c(Cl)nc6c7c(nc(Cl)c(c8c(Cl)nc2c3c84)c75)N(Cc2ccc(OC)cc2)C(=O)N6Cc2ccc(OC)cc2)cc1. The van der Waals surface area contributed by atoms with Gasteiger partial charge < -0.3 is 18.9 Å². The molecule has 0 radical (unpaired) electrons. The van der Waals surface area contributed by atoms with Crippen LogP contribution >= 0.6 is 46.4 Å². The Labute approximate surface area is 408 Å². The summed E-state index contributed by atoms with van der Waals surface area (Å²) in [5.74, 6) is 3.67. The van der Waals surface area contributed by atoms with Crippen molar-refractivity contribution in [2.45, 2.75) is 26.2 Å². The van der Waals surface area contributed by atoms with Gasteiger partial charge in [0.2, 0.25) is 0 Å². The zero-order chi connectivity index (χ0) is 47.1. The van der Waals surface area contributed by atoms with Crippen LogP contribution in [0.2, 0.25) is 20.6 Å². The second-order valence-electron chi connectivity index (χ2n) is 16.2. The predicted octanol–water partition coefficient (Wildman–Crippen LogP) is 12.3. The monoisotopic (exact) mass is 984 g/mol. The van der Waals surface area contributed by atoms with E-state index >= 15 is 0 Å². The number of hydrogen-bond acceptors (Lipinski definition) is 10. The number of amides is 4. The Kier molecular flexibility index (Phi) is 10.8. The standard InChI is InChI=1S/C50H36Cl4N8O6/c1-65-29-13-5-25(6-14-29)21-59-45-39-33-35(41(51)55-45)37-34-38(36(33)42(52)56-46(39)60(49(59)63)22-26-7-15-30(66-2)16-8-26)44(54)58-48-40(34)47(57-43(37)53)61(23-27-9-17-31(67-3)18-10-27)50(64)62(48)24-28-11-19-32(68-4)20-12-28/h5-20H,21-24H2,1-4H3.